The van der Waals surface area contributed by atoms with Crippen LogP contribution in [-0.4, -0.2) is 60.0 Å². The van der Waals surface area contributed by atoms with E-state index < -0.39 is 80.0 Å². The number of hydrogen-bond donors (Lipinski definition) is 0. The minimum atomic E-state index is -1.89. The molecule has 0 aromatic rings. The van der Waals surface area contributed by atoms with Gasteiger partial charge in [0.05, 0.1) is 23.5 Å². The van der Waals surface area contributed by atoms with Crippen LogP contribution in [0.25, 0.3) is 0 Å². The molecule has 0 amide bonds. The molecule has 3 saturated carbocycles. The molecule has 0 aromatic carbocycles. The van der Waals surface area contributed by atoms with Crippen molar-refractivity contribution in [2.24, 2.45) is 33.0 Å². The van der Waals surface area contributed by atoms with Crippen LogP contribution in [0.15, 0.2) is 11.6 Å². The van der Waals surface area contributed by atoms with Crippen LogP contribution in [-0.2, 0) is 42.9 Å². The summed E-state index contributed by atoms with van der Waals surface area (Å²) in [6, 6.07) is 0. The van der Waals surface area contributed by atoms with Gasteiger partial charge < -0.3 is 18.9 Å². The van der Waals surface area contributed by atoms with Crippen molar-refractivity contribution >= 4 is 29.5 Å². The van der Waals surface area contributed by atoms with Gasteiger partial charge in [-0.25, -0.2) is 0 Å². The van der Waals surface area contributed by atoms with Gasteiger partial charge in [-0.3, -0.25) is 24.0 Å². The zero-order valence-electron chi connectivity index (χ0n) is 22.6. The third-order valence-corrected chi connectivity index (χ3v) is 11.5. The van der Waals surface area contributed by atoms with E-state index in [1.165, 1.54) is 21.0 Å². The Morgan fingerprint density at radius 1 is 1.03 bits per heavy atom. The van der Waals surface area contributed by atoms with Gasteiger partial charge >= 0.3 is 17.9 Å². The molecular weight excluding hydrogens is 480 g/mol. The molecule has 0 N–H and O–H groups in total. The zero-order chi connectivity index (χ0) is 27.4. The van der Waals surface area contributed by atoms with Crippen molar-refractivity contribution < 1.29 is 42.9 Å². The molecule has 4 bridgehead atoms. The third-order valence-electron chi connectivity index (χ3n) is 11.5. The summed E-state index contributed by atoms with van der Waals surface area (Å²) in [5, 5.41) is 0. The summed E-state index contributed by atoms with van der Waals surface area (Å²) in [6.45, 7) is 11.9. The number of Topliss-reactive ketones (excluding diaryl/α,β-unsaturated/α-hetero) is 2. The van der Waals surface area contributed by atoms with Crippen molar-refractivity contribution in [1.29, 1.82) is 0 Å². The molecule has 0 spiro atoms. The van der Waals surface area contributed by atoms with E-state index in [9.17, 15) is 24.0 Å². The predicted octanol–water partition coefficient (Wildman–Crippen LogP) is 2.48. The number of fused-ring (bicyclic) bond motifs is 3. The molecule has 0 aromatic heterocycles. The Kier molecular flexibility index (Phi) is 4.25. The van der Waals surface area contributed by atoms with E-state index in [2.05, 4.69) is 0 Å². The lowest BCUT2D eigenvalue weighted by atomic mass is 9.34. The lowest BCUT2D eigenvalue weighted by molar-refractivity contribution is -0.228. The topological polar surface area (TPSA) is 122 Å². The number of ether oxygens (including phenoxy) is 4. The number of rotatable bonds is 2. The van der Waals surface area contributed by atoms with Crippen molar-refractivity contribution in [3.05, 3.63) is 11.6 Å². The minimum Gasteiger partial charge on any atom is -0.468 e. The number of methoxy groups -OCH3 is 1. The van der Waals surface area contributed by atoms with Gasteiger partial charge in [-0.1, -0.05) is 26.8 Å². The van der Waals surface area contributed by atoms with Gasteiger partial charge in [-0.05, 0) is 45.6 Å². The molecule has 2 heterocycles. The second-order valence-electron chi connectivity index (χ2n) is 13.2. The molecule has 2 aliphatic heterocycles. The molecule has 4 aliphatic carbocycles. The molecule has 200 valence electrons. The Morgan fingerprint density at radius 2 is 1.68 bits per heavy atom. The SMILES string of the molecule is COC(=O)[C@@]12C(=O)[C@@]3(C)O[C@@](C)(C=C4[C@@]56CC[C@@H](OC(C)=O)C(C)(C)[C@@H]5[C@@H](C[C@]41C)OC6=O)[C@]2(C)C3=O. The van der Waals surface area contributed by atoms with E-state index in [1.807, 2.05) is 26.8 Å². The lowest BCUT2D eigenvalue weighted by Gasteiger charge is -2.67. The number of ketones is 2. The van der Waals surface area contributed by atoms with Crippen LogP contribution in [0.5, 0.6) is 0 Å². The molecule has 5 fully saturated rings. The monoisotopic (exact) mass is 514 g/mol. The minimum absolute atomic E-state index is 0.156. The Bertz CT molecular complexity index is 1260. The van der Waals surface area contributed by atoms with Crippen LogP contribution in [0.1, 0.15) is 67.7 Å². The highest BCUT2D eigenvalue weighted by Crippen LogP contribution is 2.82. The Morgan fingerprint density at radius 3 is 2.24 bits per heavy atom. The largest absolute Gasteiger partial charge is 0.468 e. The Labute approximate surface area is 215 Å². The van der Waals surface area contributed by atoms with E-state index in [1.54, 1.807) is 13.8 Å². The first-order valence-corrected chi connectivity index (χ1v) is 13.0. The molecule has 9 heteroatoms. The standard InChI is InChI=1S/C28H34O9/c1-13(29)35-16-9-10-27-15-12-24(5)26(7)18(30)25(6,37-24)19(31)28(26,21(33)34-8)23(15,4)11-14(36-20(27)32)17(27)22(16,2)3/h12,14,16-17H,9-11H2,1-8H3/t14-,16-,17+,23-,24+,25+,26+,27+,28+/m1/s1. The summed E-state index contributed by atoms with van der Waals surface area (Å²) in [6.07, 6.45) is 1.66. The van der Waals surface area contributed by atoms with Crippen LogP contribution >= 0.6 is 0 Å². The molecule has 9 nitrogen and oxygen atoms in total. The van der Waals surface area contributed by atoms with Crippen molar-refractivity contribution in [3.8, 4) is 0 Å². The van der Waals surface area contributed by atoms with Gasteiger partial charge in [0.1, 0.15) is 12.2 Å². The maximum Gasteiger partial charge on any atom is 0.321 e. The van der Waals surface area contributed by atoms with Gasteiger partial charge in [0.25, 0.3) is 0 Å². The van der Waals surface area contributed by atoms with Crippen LogP contribution in [0.2, 0.25) is 0 Å². The fourth-order valence-corrected chi connectivity index (χ4v) is 10.2. The van der Waals surface area contributed by atoms with Gasteiger partial charge in [0.2, 0.25) is 0 Å². The highest BCUT2D eigenvalue weighted by atomic mass is 16.6. The Hall–Kier alpha value is -2.55. The number of hydrogen-bond acceptors (Lipinski definition) is 9. The van der Waals surface area contributed by atoms with Crippen molar-refractivity contribution in [3.63, 3.8) is 0 Å². The first-order valence-electron chi connectivity index (χ1n) is 13.0. The first kappa shape index (κ1) is 24.8. The maximum absolute atomic E-state index is 14.4. The van der Waals surface area contributed by atoms with E-state index in [-0.39, 0.29) is 12.3 Å². The van der Waals surface area contributed by atoms with Crippen LogP contribution in [0.3, 0.4) is 0 Å². The highest BCUT2D eigenvalue weighted by molar-refractivity contribution is 6.31. The summed E-state index contributed by atoms with van der Waals surface area (Å²) in [4.78, 5) is 68.0. The van der Waals surface area contributed by atoms with Crippen molar-refractivity contribution in [2.45, 2.75) is 91.1 Å². The summed E-state index contributed by atoms with van der Waals surface area (Å²) in [5.74, 6) is -3.00. The normalized spacial score (nSPS) is 52.2. The number of carbonyl (C=O) groups excluding carboxylic acids is 5. The van der Waals surface area contributed by atoms with E-state index in [0.717, 1.165) is 0 Å². The summed E-state index contributed by atoms with van der Waals surface area (Å²) in [5.41, 5.74) is -8.99. The lowest BCUT2D eigenvalue weighted by Crippen LogP contribution is -2.75. The molecule has 37 heavy (non-hydrogen) atoms. The second kappa shape index (κ2) is 6.35. The van der Waals surface area contributed by atoms with Crippen LogP contribution < -0.4 is 0 Å². The maximum atomic E-state index is 14.4. The van der Waals surface area contributed by atoms with Crippen molar-refractivity contribution in [1.82, 2.24) is 0 Å². The molecule has 6 aliphatic rings. The summed E-state index contributed by atoms with van der Waals surface area (Å²) >= 11 is 0. The van der Waals surface area contributed by atoms with E-state index in [0.29, 0.717) is 18.4 Å². The Balaban J connectivity index is 1.67. The number of carbonyl (C=O) groups is 5. The summed E-state index contributed by atoms with van der Waals surface area (Å²) in [7, 11) is 1.22. The predicted molar refractivity (Wildman–Crippen MR) is 126 cm³/mol. The molecule has 9 atom stereocenters. The fraction of sp³-hybridized carbons (Fsp3) is 0.750. The molecule has 6 rings (SSSR count). The molecule has 2 saturated heterocycles. The summed E-state index contributed by atoms with van der Waals surface area (Å²) < 4.78 is 23.4. The van der Waals surface area contributed by atoms with Gasteiger partial charge in [0.15, 0.2) is 22.6 Å². The second-order valence-corrected chi connectivity index (χ2v) is 13.2. The van der Waals surface area contributed by atoms with Crippen LogP contribution in [0.4, 0.5) is 0 Å². The fourth-order valence-electron chi connectivity index (χ4n) is 10.2. The third kappa shape index (κ3) is 2.07. The van der Waals surface area contributed by atoms with Crippen molar-refractivity contribution in [2.75, 3.05) is 7.11 Å². The molecular formula is C28H34O9. The van der Waals surface area contributed by atoms with Crippen LogP contribution in [0, 0.1) is 33.0 Å². The average molecular weight is 515 g/mol. The van der Waals surface area contributed by atoms with E-state index >= 15 is 0 Å². The highest BCUT2D eigenvalue weighted by Gasteiger charge is 2.94. The first-order chi connectivity index (χ1) is 17.0. The zero-order valence-corrected chi connectivity index (χ0v) is 22.6. The van der Waals surface area contributed by atoms with Gasteiger partial charge in [0, 0.05) is 23.7 Å². The average Bonchev–Trinajstić information content (AvgIpc) is 3.19. The molecule has 0 radical (unpaired) electrons. The van der Waals surface area contributed by atoms with Gasteiger partial charge in [-0.2, -0.15) is 0 Å². The van der Waals surface area contributed by atoms with E-state index in [4.69, 9.17) is 18.9 Å². The quantitative estimate of drug-likeness (QED) is 0.237. The van der Waals surface area contributed by atoms with Gasteiger partial charge in [-0.15, -0.1) is 0 Å². The smallest absolute Gasteiger partial charge is 0.321 e. The number of esters is 3. The molecule has 0 unspecified atom stereocenters.